The number of amides is 2. The molecule has 0 N–H and O–H groups in total. The fourth-order valence-electron chi connectivity index (χ4n) is 5.08. The molecule has 0 spiro atoms. The molecule has 1 saturated carbocycles. The van der Waals surface area contributed by atoms with Crippen LogP contribution < -0.4 is 9.80 Å². The summed E-state index contributed by atoms with van der Waals surface area (Å²) >= 11 is 0. The molecular weight excluding hydrogens is 428 g/mol. The first-order chi connectivity index (χ1) is 16.5. The summed E-state index contributed by atoms with van der Waals surface area (Å²) in [5.74, 6) is 1.55. The van der Waals surface area contributed by atoms with Gasteiger partial charge in [-0.3, -0.25) is 14.4 Å². The van der Waals surface area contributed by atoms with Crippen LogP contribution in [0.5, 0.6) is 0 Å². The number of ketones is 1. The molecule has 3 heterocycles. The van der Waals surface area contributed by atoms with Crippen LogP contribution in [0, 0.1) is 6.92 Å². The van der Waals surface area contributed by atoms with E-state index < -0.39 is 0 Å². The van der Waals surface area contributed by atoms with Crippen molar-refractivity contribution in [3.8, 4) is 0 Å². The molecule has 3 fully saturated rings. The molecule has 178 valence electrons. The van der Waals surface area contributed by atoms with Crippen LogP contribution in [0.4, 0.5) is 11.5 Å². The minimum Gasteiger partial charge on any atom is -0.353 e. The monoisotopic (exact) mass is 460 g/mol. The molecule has 1 aromatic heterocycles. The van der Waals surface area contributed by atoms with Crippen LogP contribution in [-0.2, 0) is 4.79 Å². The van der Waals surface area contributed by atoms with Gasteiger partial charge in [0.15, 0.2) is 5.78 Å². The first-order valence-corrected chi connectivity index (χ1v) is 12.4. The molecule has 1 aromatic carbocycles. The minimum absolute atomic E-state index is 0.0687. The van der Waals surface area contributed by atoms with E-state index in [1.165, 1.54) is 24.0 Å². The van der Waals surface area contributed by atoms with Crippen molar-refractivity contribution in [2.75, 3.05) is 42.5 Å². The summed E-state index contributed by atoms with van der Waals surface area (Å²) in [4.78, 5) is 48.9. The highest BCUT2D eigenvalue weighted by Gasteiger charge is 2.29. The molecule has 0 atom stereocenters. The normalized spacial score (nSPS) is 18.5. The number of pyridine rings is 1. The zero-order valence-electron chi connectivity index (χ0n) is 20.0. The van der Waals surface area contributed by atoms with Crippen molar-refractivity contribution in [1.82, 2.24) is 9.88 Å². The van der Waals surface area contributed by atoms with Gasteiger partial charge in [0, 0.05) is 63.0 Å². The van der Waals surface area contributed by atoms with E-state index in [2.05, 4.69) is 17.9 Å². The molecule has 0 bridgehead atoms. The number of rotatable bonds is 6. The van der Waals surface area contributed by atoms with Crippen LogP contribution in [-0.4, -0.2) is 60.2 Å². The van der Waals surface area contributed by atoms with Gasteiger partial charge in [-0.05, 0) is 61.4 Å². The molecular formula is C27H32N4O3. The van der Waals surface area contributed by atoms with E-state index in [1.54, 1.807) is 30.0 Å². The number of benzene rings is 1. The summed E-state index contributed by atoms with van der Waals surface area (Å²) in [6.07, 6.45) is 6.19. The lowest BCUT2D eigenvalue weighted by molar-refractivity contribution is -0.117. The Labute approximate surface area is 200 Å². The zero-order chi connectivity index (χ0) is 23.8. The van der Waals surface area contributed by atoms with E-state index in [9.17, 15) is 14.4 Å². The number of aromatic nitrogens is 1. The zero-order valence-corrected chi connectivity index (χ0v) is 20.0. The summed E-state index contributed by atoms with van der Waals surface area (Å²) in [5, 5.41) is 0. The predicted molar refractivity (Wildman–Crippen MR) is 132 cm³/mol. The van der Waals surface area contributed by atoms with Gasteiger partial charge in [-0.1, -0.05) is 13.0 Å². The van der Waals surface area contributed by atoms with Gasteiger partial charge in [0.1, 0.15) is 5.82 Å². The number of piperazine rings is 1. The number of carbonyl (C=O) groups excluding carboxylic acids is 3. The van der Waals surface area contributed by atoms with Gasteiger partial charge >= 0.3 is 0 Å². The minimum atomic E-state index is -0.121. The summed E-state index contributed by atoms with van der Waals surface area (Å²) in [7, 11) is 0. The fourth-order valence-corrected chi connectivity index (χ4v) is 5.08. The van der Waals surface area contributed by atoms with E-state index in [4.69, 9.17) is 4.98 Å². The number of Topliss-reactive ketones (excluding diaryl/α,β-unsaturated/α-hetero) is 1. The van der Waals surface area contributed by atoms with Gasteiger partial charge in [-0.2, -0.15) is 0 Å². The average molecular weight is 461 g/mol. The molecule has 0 unspecified atom stereocenters. The highest BCUT2D eigenvalue weighted by Crippen LogP contribution is 2.40. The van der Waals surface area contributed by atoms with Crippen molar-refractivity contribution < 1.29 is 14.4 Å². The first-order valence-electron chi connectivity index (χ1n) is 12.4. The fraction of sp³-hybridized carbons (Fsp3) is 0.481. The Hall–Kier alpha value is -3.22. The molecule has 34 heavy (non-hydrogen) atoms. The Kier molecular flexibility index (Phi) is 6.11. The van der Waals surface area contributed by atoms with Crippen LogP contribution in [0.25, 0.3) is 0 Å². The molecule has 7 nitrogen and oxygen atoms in total. The van der Waals surface area contributed by atoms with Crippen LogP contribution >= 0.6 is 0 Å². The highest BCUT2D eigenvalue weighted by molar-refractivity contribution is 6.09. The topological polar surface area (TPSA) is 73.8 Å². The third-order valence-electron chi connectivity index (χ3n) is 7.23. The molecule has 7 heteroatoms. The van der Waals surface area contributed by atoms with Crippen LogP contribution in [0.3, 0.4) is 0 Å². The number of anilines is 2. The largest absolute Gasteiger partial charge is 0.353 e. The van der Waals surface area contributed by atoms with E-state index in [0.29, 0.717) is 68.3 Å². The predicted octanol–water partition coefficient (Wildman–Crippen LogP) is 3.95. The summed E-state index contributed by atoms with van der Waals surface area (Å²) in [6.45, 7) is 7.14. The summed E-state index contributed by atoms with van der Waals surface area (Å²) in [5.41, 5.74) is 4.07. The summed E-state index contributed by atoms with van der Waals surface area (Å²) < 4.78 is 0. The maximum absolute atomic E-state index is 13.4. The molecule has 0 radical (unpaired) electrons. The number of hydrogen-bond acceptors (Lipinski definition) is 5. The quantitative estimate of drug-likeness (QED) is 0.611. The number of carbonyl (C=O) groups is 3. The van der Waals surface area contributed by atoms with Crippen molar-refractivity contribution in [3.63, 3.8) is 0 Å². The van der Waals surface area contributed by atoms with Gasteiger partial charge in [-0.15, -0.1) is 0 Å². The smallest absolute Gasteiger partial charge is 0.254 e. The van der Waals surface area contributed by atoms with E-state index in [0.717, 1.165) is 12.2 Å². The Morgan fingerprint density at radius 1 is 1.03 bits per heavy atom. The van der Waals surface area contributed by atoms with Crippen LogP contribution in [0.2, 0.25) is 0 Å². The van der Waals surface area contributed by atoms with Crippen molar-refractivity contribution >= 4 is 29.1 Å². The van der Waals surface area contributed by atoms with Gasteiger partial charge in [-0.25, -0.2) is 4.98 Å². The Balaban J connectivity index is 1.31. The molecule has 2 aliphatic heterocycles. The van der Waals surface area contributed by atoms with Crippen LogP contribution in [0.1, 0.15) is 76.8 Å². The van der Waals surface area contributed by atoms with E-state index in [-0.39, 0.29) is 17.6 Å². The third kappa shape index (κ3) is 4.31. The first kappa shape index (κ1) is 22.6. The van der Waals surface area contributed by atoms with Crippen molar-refractivity contribution in [2.24, 2.45) is 0 Å². The highest BCUT2D eigenvalue weighted by atomic mass is 16.2. The van der Waals surface area contributed by atoms with Gasteiger partial charge in [0.05, 0.1) is 5.56 Å². The summed E-state index contributed by atoms with van der Waals surface area (Å²) in [6, 6.07) is 7.51. The maximum Gasteiger partial charge on any atom is 0.254 e. The lowest BCUT2D eigenvalue weighted by Gasteiger charge is -2.36. The van der Waals surface area contributed by atoms with Gasteiger partial charge in [0.2, 0.25) is 5.91 Å². The van der Waals surface area contributed by atoms with E-state index in [1.807, 2.05) is 11.1 Å². The SMILES string of the molecule is CCC(=O)c1cc(N2CCCC2=O)ccc1C(=O)N1CCN(c2ncc(C3CC3)cc2C)CC1. The van der Waals surface area contributed by atoms with Gasteiger partial charge in [0.25, 0.3) is 5.91 Å². The van der Waals surface area contributed by atoms with E-state index >= 15 is 0 Å². The second-order valence-corrected chi connectivity index (χ2v) is 9.62. The molecule has 2 aromatic rings. The Morgan fingerprint density at radius 2 is 1.79 bits per heavy atom. The lowest BCUT2D eigenvalue weighted by atomic mass is 9.99. The standard InChI is InChI=1S/C27H32N4O3/c1-3-24(32)23-16-21(31-10-4-5-25(31)33)8-9-22(23)27(34)30-13-11-29(12-14-30)26-18(2)15-20(17-28-26)19-6-7-19/h8-9,15-17,19H,3-7,10-14H2,1-2H3. The number of aryl methyl sites for hydroxylation is 1. The molecule has 1 aliphatic carbocycles. The Bertz CT molecular complexity index is 1130. The van der Waals surface area contributed by atoms with Crippen LogP contribution in [0.15, 0.2) is 30.5 Å². The molecule has 3 aliphatic rings. The lowest BCUT2D eigenvalue weighted by Crippen LogP contribution is -2.49. The van der Waals surface area contributed by atoms with Crippen molar-refractivity contribution in [2.45, 2.75) is 51.9 Å². The number of hydrogen-bond donors (Lipinski definition) is 0. The second-order valence-electron chi connectivity index (χ2n) is 9.62. The number of nitrogens with zero attached hydrogens (tertiary/aromatic N) is 4. The average Bonchev–Trinajstić information content (AvgIpc) is 3.63. The maximum atomic E-state index is 13.4. The molecule has 2 amide bonds. The van der Waals surface area contributed by atoms with Crippen molar-refractivity contribution in [1.29, 1.82) is 0 Å². The third-order valence-corrected chi connectivity index (χ3v) is 7.23. The molecule has 2 saturated heterocycles. The second kappa shape index (κ2) is 9.20. The molecule has 5 rings (SSSR count). The van der Waals surface area contributed by atoms with Crippen molar-refractivity contribution in [3.05, 3.63) is 52.7 Å². The van der Waals surface area contributed by atoms with Gasteiger partial charge < -0.3 is 14.7 Å². The Morgan fingerprint density at radius 3 is 2.41 bits per heavy atom.